The molecule has 1 aromatic rings. The number of hydrogen-bond acceptors (Lipinski definition) is 3. The summed E-state index contributed by atoms with van der Waals surface area (Å²) in [6.07, 6.45) is 1.22. The Hall–Kier alpha value is -1.06. The Labute approximate surface area is 97.4 Å². The van der Waals surface area contributed by atoms with Gasteiger partial charge in [-0.05, 0) is 19.5 Å². The van der Waals surface area contributed by atoms with Gasteiger partial charge in [0.1, 0.15) is 0 Å². The van der Waals surface area contributed by atoms with Crippen molar-refractivity contribution in [3.05, 3.63) is 29.8 Å². The van der Waals surface area contributed by atoms with Crippen molar-refractivity contribution < 1.29 is 4.74 Å². The Balaban J connectivity index is 2.14. The molecule has 1 aliphatic heterocycles. The lowest BCUT2D eigenvalue weighted by molar-refractivity contribution is 0.185. The molecule has 3 heteroatoms. The zero-order chi connectivity index (χ0) is 11.4. The van der Waals surface area contributed by atoms with Crippen molar-refractivity contribution in [1.82, 2.24) is 5.32 Å². The van der Waals surface area contributed by atoms with E-state index in [1.807, 2.05) is 7.05 Å². The van der Waals surface area contributed by atoms with Crippen LogP contribution in [0, 0.1) is 0 Å². The molecule has 0 spiro atoms. The molecule has 1 aliphatic rings. The molecular formula is C13H20N2O. The van der Waals surface area contributed by atoms with Gasteiger partial charge in [0, 0.05) is 37.5 Å². The predicted molar refractivity (Wildman–Crippen MR) is 66.8 cm³/mol. The van der Waals surface area contributed by atoms with Crippen LogP contribution in [0.2, 0.25) is 0 Å². The number of ether oxygens (including phenoxy) is 1. The molecule has 0 aromatic heterocycles. The summed E-state index contributed by atoms with van der Waals surface area (Å²) in [6, 6.07) is 9.12. The van der Waals surface area contributed by atoms with E-state index in [9.17, 15) is 0 Å². The standard InChI is InChI=1S/C13H20N2O/c1-14-12-7-8-15(9-12)13-6-4-3-5-11(13)10-16-2/h3-6,12,14H,7-10H2,1-2H3. The van der Waals surface area contributed by atoms with Gasteiger partial charge in [-0.3, -0.25) is 0 Å². The van der Waals surface area contributed by atoms with Gasteiger partial charge in [-0.2, -0.15) is 0 Å². The van der Waals surface area contributed by atoms with E-state index in [-0.39, 0.29) is 0 Å². The molecule has 0 saturated carbocycles. The maximum atomic E-state index is 5.24. The van der Waals surface area contributed by atoms with Crippen LogP contribution in [0.5, 0.6) is 0 Å². The van der Waals surface area contributed by atoms with Crippen molar-refractivity contribution in [2.24, 2.45) is 0 Å². The summed E-state index contributed by atoms with van der Waals surface area (Å²) in [5, 5.41) is 3.34. The lowest BCUT2D eigenvalue weighted by Gasteiger charge is -2.21. The second-order valence-electron chi connectivity index (χ2n) is 4.28. The van der Waals surface area contributed by atoms with Crippen molar-refractivity contribution in [3.8, 4) is 0 Å². The van der Waals surface area contributed by atoms with E-state index >= 15 is 0 Å². The van der Waals surface area contributed by atoms with E-state index in [0.29, 0.717) is 12.6 Å². The zero-order valence-electron chi connectivity index (χ0n) is 10.1. The van der Waals surface area contributed by atoms with E-state index in [1.165, 1.54) is 17.7 Å². The van der Waals surface area contributed by atoms with Gasteiger partial charge in [0.25, 0.3) is 0 Å². The molecule has 1 saturated heterocycles. The SMILES string of the molecule is CNC1CCN(c2ccccc2COC)C1. The normalized spacial score (nSPS) is 20.4. The van der Waals surface area contributed by atoms with Gasteiger partial charge in [-0.1, -0.05) is 18.2 Å². The van der Waals surface area contributed by atoms with Crippen molar-refractivity contribution in [2.75, 3.05) is 32.1 Å². The molecule has 0 aliphatic carbocycles. The molecule has 16 heavy (non-hydrogen) atoms. The molecule has 0 radical (unpaired) electrons. The third-order valence-electron chi connectivity index (χ3n) is 3.23. The molecule has 2 rings (SSSR count). The van der Waals surface area contributed by atoms with Crippen LogP contribution in [0.1, 0.15) is 12.0 Å². The quantitative estimate of drug-likeness (QED) is 0.834. The summed E-state index contributed by atoms with van der Waals surface area (Å²) in [5.41, 5.74) is 2.60. The molecule has 1 N–H and O–H groups in total. The topological polar surface area (TPSA) is 24.5 Å². The van der Waals surface area contributed by atoms with Crippen LogP contribution < -0.4 is 10.2 Å². The van der Waals surface area contributed by atoms with Crippen molar-refractivity contribution >= 4 is 5.69 Å². The Morgan fingerprint density at radius 1 is 1.44 bits per heavy atom. The number of anilines is 1. The average molecular weight is 220 g/mol. The minimum atomic E-state index is 0.621. The summed E-state index contributed by atoms with van der Waals surface area (Å²) in [4.78, 5) is 2.44. The lowest BCUT2D eigenvalue weighted by atomic mass is 10.1. The van der Waals surface area contributed by atoms with Crippen LogP contribution in [-0.2, 0) is 11.3 Å². The van der Waals surface area contributed by atoms with E-state index < -0.39 is 0 Å². The molecule has 3 nitrogen and oxygen atoms in total. The molecule has 1 heterocycles. The van der Waals surface area contributed by atoms with Gasteiger partial charge in [-0.25, -0.2) is 0 Å². The first-order valence-electron chi connectivity index (χ1n) is 5.84. The minimum Gasteiger partial charge on any atom is -0.380 e. The van der Waals surface area contributed by atoms with Gasteiger partial charge in [-0.15, -0.1) is 0 Å². The maximum absolute atomic E-state index is 5.24. The third-order valence-corrected chi connectivity index (χ3v) is 3.23. The van der Waals surface area contributed by atoms with Gasteiger partial charge in [0.05, 0.1) is 6.61 Å². The first-order chi connectivity index (χ1) is 7.85. The number of rotatable bonds is 4. The summed E-state index contributed by atoms with van der Waals surface area (Å²) in [7, 11) is 3.78. The Morgan fingerprint density at radius 3 is 2.94 bits per heavy atom. The largest absolute Gasteiger partial charge is 0.380 e. The molecule has 1 aromatic carbocycles. The highest BCUT2D eigenvalue weighted by Gasteiger charge is 2.22. The predicted octanol–water partition coefficient (Wildman–Crippen LogP) is 1.63. The first kappa shape index (κ1) is 11.4. The van der Waals surface area contributed by atoms with Gasteiger partial charge >= 0.3 is 0 Å². The van der Waals surface area contributed by atoms with Crippen LogP contribution in [0.25, 0.3) is 0 Å². The highest BCUT2D eigenvalue weighted by Crippen LogP contribution is 2.24. The number of nitrogens with one attached hydrogen (secondary N) is 1. The average Bonchev–Trinajstić information content (AvgIpc) is 2.79. The van der Waals surface area contributed by atoms with Crippen LogP contribution in [0.15, 0.2) is 24.3 Å². The summed E-state index contributed by atoms with van der Waals surface area (Å²) < 4.78 is 5.24. The van der Waals surface area contributed by atoms with Gasteiger partial charge in [0.2, 0.25) is 0 Å². The number of nitrogens with zero attached hydrogens (tertiary/aromatic N) is 1. The van der Waals surface area contributed by atoms with Gasteiger partial charge in [0.15, 0.2) is 0 Å². The molecule has 1 atom stereocenters. The molecule has 1 unspecified atom stereocenters. The van der Waals surface area contributed by atoms with Crippen molar-refractivity contribution in [3.63, 3.8) is 0 Å². The van der Waals surface area contributed by atoms with E-state index in [4.69, 9.17) is 4.74 Å². The highest BCUT2D eigenvalue weighted by atomic mass is 16.5. The Kier molecular flexibility index (Phi) is 3.80. The minimum absolute atomic E-state index is 0.621. The Morgan fingerprint density at radius 2 is 2.25 bits per heavy atom. The maximum Gasteiger partial charge on any atom is 0.0733 e. The summed E-state index contributed by atoms with van der Waals surface area (Å²) in [5.74, 6) is 0. The lowest BCUT2D eigenvalue weighted by Crippen LogP contribution is -2.29. The van der Waals surface area contributed by atoms with Crippen molar-refractivity contribution in [1.29, 1.82) is 0 Å². The van der Waals surface area contributed by atoms with Crippen LogP contribution in [0.4, 0.5) is 5.69 Å². The van der Waals surface area contributed by atoms with Crippen molar-refractivity contribution in [2.45, 2.75) is 19.1 Å². The molecular weight excluding hydrogens is 200 g/mol. The number of para-hydroxylation sites is 1. The second kappa shape index (κ2) is 5.32. The first-order valence-corrected chi connectivity index (χ1v) is 5.84. The third kappa shape index (κ3) is 2.36. The molecule has 88 valence electrons. The Bertz CT molecular complexity index is 340. The number of methoxy groups -OCH3 is 1. The molecule has 0 bridgehead atoms. The fraction of sp³-hybridized carbons (Fsp3) is 0.538. The van der Waals surface area contributed by atoms with Crippen LogP contribution in [-0.4, -0.2) is 33.3 Å². The molecule has 0 amide bonds. The van der Waals surface area contributed by atoms with Crippen LogP contribution in [0.3, 0.4) is 0 Å². The fourth-order valence-corrected chi connectivity index (χ4v) is 2.31. The zero-order valence-corrected chi connectivity index (χ0v) is 10.1. The van der Waals surface area contributed by atoms with Crippen LogP contribution >= 0.6 is 0 Å². The second-order valence-corrected chi connectivity index (χ2v) is 4.28. The summed E-state index contributed by atoms with van der Waals surface area (Å²) in [6.45, 7) is 2.92. The number of hydrogen-bond donors (Lipinski definition) is 1. The molecule has 1 fully saturated rings. The van der Waals surface area contributed by atoms with E-state index in [2.05, 4.69) is 34.5 Å². The van der Waals surface area contributed by atoms with Gasteiger partial charge < -0.3 is 15.0 Å². The van der Waals surface area contributed by atoms with E-state index in [0.717, 1.165) is 13.1 Å². The summed E-state index contributed by atoms with van der Waals surface area (Å²) >= 11 is 0. The number of likely N-dealkylation sites (N-methyl/N-ethyl adjacent to an activating group) is 1. The van der Waals surface area contributed by atoms with E-state index in [1.54, 1.807) is 7.11 Å². The smallest absolute Gasteiger partial charge is 0.0733 e. The fourth-order valence-electron chi connectivity index (χ4n) is 2.31. The monoisotopic (exact) mass is 220 g/mol. The number of benzene rings is 1. The highest BCUT2D eigenvalue weighted by molar-refractivity contribution is 5.54.